The van der Waals surface area contributed by atoms with Gasteiger partial charge in [-0.2, -0.15) is 0 Å². The van der Waals surface area contributed by atoms with E-state index >= 15 is 0 Å². The molecule has 2 heterocycles. The fourth-order valence-electron chi connectivity index (χ4n) is 1.57. The summed E-state index contributed by atoms with van der Waals surface area (Å²) in [4.78, 5) is 20.1. The molecule has 0 aliphatic carbocycles. The van der Waals surface area contributed by atoms with Crippen molar-refractivity contribution in [3.05, 3.63) is 35.6 Å². The summed E-state index contributed by atoms with van der Waals surface area (Å²) in [5.74, 6) is 0.894. The minimum Gasteiger partial charge on any atom is -0.369 e. The predicted molar refractivity (Wildman–Crippen MR) is 73.2 cm³/mol. The molecule has 0 saturated carbocycles. The van der Waals surface area contributed by atoms with Gasteiger partial charge >= 0.3 is 0 Å². The topological polar surface area (TPSA) is 92.9 Å². The summed E-state index contributed by atoms with van der Waals surface area (Å²) in [5.41, 5.74) is 1.04. The Morgan fingerprint density at radius 1 is 1.40 bits per heavy atom. The third-order valence-electron chi connectivity index (χ3n) is 2.52. The summed E-state index contributed by atoms with van der Waals surface area (Å²) in [5, 5.41) is 9.54. The Balaban J connectivity index is 1.94. The van der Waals surface area contributed by atoms with Gasteiger partial charge in [0.25, 0.3) is 5.91 Å². The zero-order chi connectivity index (χ0) is 14.4. The molecule has 7 nitrogen and oxygen atoms in total. The van der Waals surface area contributed by atoms with Crippen LogP contribution in [0.2, 0.25) is 0 Å². The zero-order valence-electron chi connectivity index (χ0n) is 11.5. The lowest BCUT2D eigenvalue weighted by molar-refractivity contribution is 0.0942. The van der Waals surface area contributed by atoms with E-state index in [1.165, 1.54) is 6.20 Å². The van der Waals surface area contributed by atoms with Crippen molar-refractivity contribution in [1.29, 1.82) is 0 Å². The van der Waals surface area contributed by atoms with Crippen LogP contribution in [0, 0.1) is 6.92 Å². The molecule has 2 aromatic heterocycles. The van der Waals surface area contributed by atoms with Crippen LogP contribution in [0.5, 0.6) is 0 Å². The van der Waals surface area contributed by atoms with Crippen LogP contribution in [0.1, 0.15) is 35.3 Å². The number of carbonyl (C=O) groups excluding carboxylic acids is 1. The summed E-state index contributed by atoms with van der Waals surface area (Å²) in [7, 11) is 0. The minimum atomic E-state index is -0.299. The number of aromatic nitrogens is 3. The first-order valence-corrected chi connectivity index (χ1v) is 6.45. The number of carbonyl (C=O) groups is 1. The summed E-state index contributed by atoms with van der Waals surface area (Å²) in [6.45, 7) is 4.94. The molecule has 0 atom stereocenters. The molecular weight excluding hydrogens is 258 g/mol. The number of amides is 1. The molecule has 0 radical (unpaired) electrons. The van der Waals surface area contributed by atoms with E-state index in [4.69, 9.17) is 4.52 Å². The first-order valence-electron chi connectivity index (χ1n) is 6.45. The van der Waals surface area contributed by atoms with E-state index in [1.807, 2.05) is 6.92 Å². The third-order valence-corrected chi connectivity index (χ3v) is 2.52. The second kappa shape index (κ2) is 6.65. The second-order valence-electron chi connectivity index (χ2n) is 4.33. The highest BCUT2D eigenvalue weighted by Crippen LogP contribution is 2.04. The normalized spacial score (nSPS) is 10.3. The summed E-state index contributed by atoms with van der Waals surface area (Å²) < 4.78 is 5.01. The fraction of sp³-hybridized carbons (Fsp3) is 0.385. The van der Waals surface area contributed by atoms with Crippen LogP contribution in [0.15, 0.2) is 23.0 Å². The lowest BCUT2D eigenvalue weighted by Crippen LogP contribution is -2.24. The Morgan fingerprint density at radius 3 is 2.95 bits per heavy atom. The van der Waals surface area contributed by atoms with Gasteiger partial charge in [0, 0.05) is 12.6 Å². The van der Waals surface area contributed by atoms with Gasteiger partial charge in [0.05, 0.1) is 24.6 Å². The highest BCUT2D eigenvalue weighted by Gasteiger charge is 2.10. The molecule has 0 aromatic carbocycles. The third kappa shape index (κ3) is 3.78. The maximum absolute atomic E-state index is 11.9. The molecule has 7 heteroatoms. The van der Waals surface area contributed by atoms with Crippen molar-refractivity contribution < 1.29 is 9.32 Å². The van der Waals surface area contributed by atoms with Crippen molar-refractivity contribution in [1.82, 2.24) is 20.4 Å². The van der Waals surface area contributed by atoms with Crippen LogP contribution in [0.3, 0.4) is 0 Å². The van der Waals surface area contributed by atoms with Crippen LogP contribution >= 0.6 is 0 Å². The largest absolute Gasteiger partial charge is 0.369 e. The van der Waals surface area contributed by atoms with E-state index in [2.05, 4.69) is 32.7 Å². The van der Waals surface area contributed by atoms with Gasteiger partial charge < -0.3 is 15.2 Å². The maximum atomic E-state index is 11.9. The summed E-state index contributed by atoms with van der Waals surface area (Å²) in [6.07, 6.45) is 3.99. The molecule has 20 heavy (non-hydrogen) atoms. The van der Waals surface area contributed by atoms with E-state index in [-0.39, 0.29) is 18.1 Å². The first kappa shape index (κ1) is 14.0. The lowest BCUT2D eigenvalue weighted by atomic mass is 10.3. The average molecular weight is 275 g/mol. The Kier molecular flexibility index (Phi) is 4.65. The van der Waals surface area contributed by atoms with Crippen LogP contribution in [0.25, 0.3) is 0 Å². The standard InChI is InChI=1S/C13H17N5O2/c1-3-4-15-12-8-14-7-11(17-12)13(19)16-6-10-5-9(2)18-20-10/h5,7-8H,3-4,6H2,1-2H3,(H,15,17)(H,16,19). The van der Waals surface area contributed by atoms with Gasteiger partial charge in [-0.3, -0.25) is 9.78 Å². The quantitative estimate of drug-likeness (QED) is 0.830. The van der Waals surface area contributed by atoms with Crippen LogP contribution in [-0.4, -0.2) is 27.6 Å². The van der Waals surface area contributed by atoms with Gasteiger partial charge in [0.2, 0.25) is 0 Å². The number of nitrogens with one attached hydrogen (secondary N) is 2. The van der Waals surface area contributed by atoms with Gasteiger partial charge in [-0.1, -0.05) is 12.1 Å². The van der Waals surface area contributed by atoms with E-state index in [1.54, 1.807) is 12.3 Å². The van der Waals surface area contributed by atoms with Crippen molar-refractivity contribution in [2.45, 2.75) is 26.8 Å². The van der Waals surface area contributed by atoms with Crippen LogP contribution in [0.4, 0.5) is 5.82 Å². The van der Waals surface area contributed by atoms with E-state index < -0.39 is 0 Å². The molecular formula is C13H17N5O2. The van der Waals surface area contributed by atoms with Crippen molar-refractivity contribution in [2.75, 3.05) is 11.9 Å². The monoisotopic (exact) mass is 275 g/mol. The van der Waals surface area contributed by atoms with Gasteiger partial charge in [0.15, 0.2) is 5.76 Å². The van der Waals surface area contributed by atoms with Crippen LogP contribution < -0.4 is 10.6 Å². The molecule has 0 unspecified atom stereocenters. The highest BCUT2D eigenvalue weighted by molar-refractivity contribution is 5.92. The molecule has 1 amide bonds. The smallest absolute Gasteiger partial charge is 0.271 e. The summed E-state index contributed by atoms with van der Waals surface area (Å²) >= 11 is 0. The maximum Gasteiger partial charge on any atom is 0.271 e. The van der Waals surface area contributed by atoms with Crippen molar-refractivity contribution >= 4 is 11.7 Å². The Morgan fingerprint density at radius 2 is 2.25 bits per heavy atom. The van der Waals surface area contributed by atoms with Crippen LogP contribution in [-0.2, 0) is 6.54 Å². The molecule has 0 fully saturated rings. The molecule has 0 bridgehead atoms. The molecule has 2 rings (SSSR count). The molecule has 0 spiro atoms. The number of hydrogen-bond donors (Lipinski definition) is 2. The van der Waals surface area contributed by atoms with Crippen molar-refractivity contribution in [3.8, 4) is 0 Å². The Bertz CT molecular complexity index is 582. The Labute approximate surface area is 116 Å². The number of rotatable bonds is 6. The summed E-state index contributed by atoms with van der Waals surface area (Å²) in [6, 6.07) is 1.77. The van der Waals surface area contributed by atoms with E-state index in [0.29, 0.717) is 11.6 Å². The number of anilines is 1. The molecule has 0 aliphatic heterocycles. The number of hydrogen-bond acceptors (Lipinski definition) is 6. The van der Waals surface area contributed by atoms with E-state index in [0.717, 1.165) is 18.7 Å². The van der Waals surface area contributed by atoms with E-state index in [9.17, 15) is 4.79 Å². The molecule has 106 valence electrons. The SMILES string of the molecule is CCCNc1cncc(C(=O)NCc2cc(C)no2)n1. The van der Waals surface area contributed by atoms with Gasteiger partial charge in [-0.25, -0.2) is 4.98 Å². The zero-order valence-corrected chi connectivity index (χ0v) is 11.5. The fourth-order valence-corrected chi connectivity index (χ4v) is 1.57. The Hall–Kier alpha value is -2.44. The van der Waals surface area contributed by atoms with Crippen molar-refractivity contribution in [3.63, 3.8) is 0 Å². The molecule has 2 aromatic rings. The van der Waals surface area contributed by atoms with Gasteiger partial charge in [-0.05, 0) is 13.3 Å². The average Bonchev–Trinajstić information content (AvgIpc) is 2.88. The minimum absolute atomic E-state index is 0.266. The highest BCUT2D eigenvalue weighted by atomic mass is 16.5. The van der Waals surface area contributed by atoms with Gasteiger partial charge in [0.1, 0.15) is 11.5 Å². The number of nitrogens with zero attached hydrogens (tertiary/aromatic N) is 3. The second-order valence-corrected chi connectivity index (χ2v) is 4.33. The van der Waals surface area contributed by atoms with Gasteiger partial charge in [-0.15, -0.1) is 0 Å². The molecule has 0 aliphatic rings. The first-order chi connectivity index (χ1) is 9.69. The predicted octanol–water partition coefficient (Wildman–Crippen LogP) is 1.52. The molecule has 2 N–H and O–H groups in total. The molecule has 0 saturated heterocycles. The number of aryl methyl sites for hydroxylation is 1. The lowest BCUT2D eigenvalue weighted by Gasteiger charge is -2.05. The van der Waals surface area contributed by atoms with Crippen molar-refractivity contribution in [2.24, 2.45) is 0 Å².